The third kappa shape index (κ3) is 1.85. The van der Waals surface area contributed by atoms with E-state index in [1.807, 2.05) is 0 Å². The zero-order chi connectivity index (χ0) is 8.27. The summed E-state index contributed by atoms with van der Waals surface area (Å²) in [6, 6.07) is 6.79. The molecular formula is C7H5Cl2NO. The first-order valence-electron chi connectivity index (χ1n) is 2.91. The highest BCUT2D eigenvalue weighted by atomic mass is 35.5. The summed E-state index contributed by atoms with van der Waals surface area (Å²) in [6.45, 7) is 0. The molecule has 0 unspecified atom stereocenters. The molecule has 0 aliphatic rings. The SMILES string of the molecule is O=Cc1ccccc1N(Cl)Cl. The zero-order valence-electron chi connectivity index (χ0n) is 5.50. The van der Waals surface area contributed by atoms with Gasteiger partial charge in [-0.2, -0.15) is 3.94 Å². The largest absolute Gasteiger partial charge is 0.298 e. The van der Waals surface area contributed by atoms with Crippen LogP contribution in [-0.2, 0) is 0 Å². The number of carbonyl (C=O) groups is 1. The van der Waals surface area contributed by atoms with E-state index in [2.05, 4.69) is 0 Å². The van der Waals surface area contributed by atoms with Crippen molar-refractivity contribution in [1.29, 1.82) is 0 Å². The smallest absolute Gasteiger partial charge is 0.152 e. The molecule has 58 valence electrons. The number of hydrogen-bond acceptors (Lipinski definition) is 2. The van der Waals surface area contributed by atoms with Crippen molar-refractivity contribution in [3.05, 3.63) is 29.8 Å². The van der Waals surface area contributed by atoms with E-state index in [1.165, 1.54) is 0 Å². The molecule has 0 bridgehead atoms. The predicted octanol–water partition coefficient (Wildman–Crippen LogP) is 2.61. The fourth-order valence-electron chi connectivity index (χ4n) is 0.741. The standard InChI is InChI=1S/C7H5Cl2NO/c8-10(9)7-4-2-1-3-6(7)5-11/h1-5H. The second-order valence-electron chi connectivity index (χ2n) is 1.91. The van der Waals surface area contributed by atoms with Crippen LogP contribution in [0.4, 0.5) is 5.69 Å². The molecular weight excluding hydrogens is 185 g/mol. The van der Waals surface area contributed by atoms with Gasteiger partial charge in [-0.3, -0.25) is 4.79 Å². The van der Waals surface area contributed by atoms with Crippen molar-refractivity contribution in [1.82, 2.24) is 0 Å². The molecule has 0 radical (unpaired) electrons. The van der Waals surface area contributed by atoms with Crippen molar-refractivity contribution in [3.63, 3.8) is 0 Å². The topological polar surface area (TPSA) is 20.3 Å². The lowest BCUT2D eigenvalue weighted by Gasteiger charge is -2.06. The number of aldehydes is 1. The molecule has 0 aliphatic heterocycles. The van der Waals surface area contributed by atoms with E-state index in [1.54, 1.807) is 24.3 Å². The fourth-order valence-corrected chi connectivity index (χ4v) is 1.05. The maximum Gasteiger partial charge on any atom is 0.152 e. The van der Waals surface area contributed by atoms with Crippen LogP contribution in [0.5, 0.6) is 0 Å². The van der Waals surface area contributed by atoms with Gasteiger partial charge in [0.05, 0.1) is 5.69 Å². The Morgan fingerprint density at radius 1 is 1.27 bits per heavy atom. The van der Waals surface area contributed by atoms with E-state index in [0.29, 0.717) is 17.5 Å². The number of benzene rings is 1. The van der Waals surface area contributed by atoms with E-state index in [9.17, 15) is 4.79 Å². The molecule has 0 heterocycles. The highest BCUT2D eigenvalue weighted by Crippen LogP contribution is 2.21. The Morgan fingerprint density at radius 3 is 2.36 bits per heavy atom. The Hall–Kier alpha value is -0.730. The van der Waals surface area contributed by atoms with Gasteiger partial charge in [-0.05, 0) is 12.1 Å². The average molecular weight is 190 g/mol. The predicted molar refractivity (Wildman–Crippen MR) is 46.0 cm³/mol. The van der Waals surface area contributed by atoms with Crippen LogP contribution in [0.2, 0.25) is 0 Å². The first-order chi connectivity index (χ1) is 5.25. The number of hydrogen-bond donors (Lipinski definition) is 0. The summed E-state index contributed by atoms with van der Waals surface area (Å²) in [7, 11) is 0. The number of halogens is 2. The van der Waals surface area contributed by atoms with Crippen LogP contribution in [0.3, 0.4) is 0 Å². The average Bonchev–Trinajstić information content (AvgIpc) is 2.04. The van der Waals surface area contributed by atoms with Crippen molar-refractivity contribution >= 4 is 35.5 Å². The van der Waals surface area contributed by atoms with E-state index in [0.717, 1.165) is 3.94 Å². The Balaban J connectivity index is 3.12. The Labute approximate surface area is 74.5 Å². The number of para-hydroxylation sites is 1. The molecule has 0 spiro atoms. The molecule has 2 nitrogen and oxygen atoms in total. The van der Waals surface area contributed by atoms with Gasteiger partial charge in [0.15, 0.2) is 6.29 Å². The molecule has 1 aromatic carbocycles. The summed E-state index contributed by atoms with van der Waals surface area (Å²) >= 11 is 10.9. The minimum Gasteiger partial charge on any atom is -0.298 e. The van der Waals surface area contributed by atoms with Crippen LogP contribution in [0, 0.1) is 0 Å². The van der Waals surface area contributed by atoms with Crippen molar-refractivity contribution in [2.75, 3.05) is 3.94 Å². The summed E-state index contributed by atoms with van der Waals surface area (Å²) in [5, 5.41) is 0. The molecule has 4 heteroatoms. The summed E-state index contributed by atoms with van der Waals surface area (Å²) < 4.78 is 0.865. The first-order valence-corrected chi connectivity index (χ1v) is 3.59. The lowest BCUT2D eigenvalue weighted by Crippen LogP contribution is -1.96. The Kier molecular flexibility index (Phi) is 2.74. The van der Waals surface area contributed by atoms with Crippen LogP contribution in [-0.4, -0.2) is 6.29 Å². The van der Waals surface area contributed by atoms with Crippen molar-refractivity contribution in [3.8, 4) is 0 Å². The normalized spacial score (nSPS) is 9.27. The van der Waals surface area contributed by atoms with Crippen molar-refractivity contribution in [2.45, 2.75) is 0 Å². The Morgan fingerprint density at radius 2 is 1.91 bits per heavy atom. The molecule has 0 aliphatic carbocycles. The fraction of sp³-hybridized carbons (Fsp3) is 0. The van der Waals surface area contributed by atoms with Gasteiger partial charge < -0.3 is 0 Å². The number of carbonyl (C=O) groups excluding carboxylic acids is 1. The summed E-state index contributed by atoms with van der Waals surface area (Å²) in [4.78, 5) is 10.4. The molecule has 0 fully saturated rings. The summed E-state index contributed by atoms with van der Waals surface area (Å²) in [5.41, 5.74) is 0.961. The van der Waals surface area contributed by atoms with Gasteiger partial charge in [0.1, 0.15) is 0 Å². The summed E-state index contributed by atoms with van der Waals surface area (Å²) in [6.07, 6.45) is 0.701. The van der Waals surface area contributed by atoms with Gasteiger partial charge in [-0.15, -0.1) is 0 Å². The molecule has 0 saturated carbocycles. The quantitative estimate of drug-likeness (QED) is 0.527. The second-order valence-corrected chi connectivity index (χ2v) is 2.76. The van der Waals surface area contributed by atoms with Crippen molar-refractivity contribution < 1.29 is 4.79 Å². The van der Waals surface area contributed by atoms with E-state index in [4.69, 9.17) is 23.6 Å². The Bertz CT molecular complexity index is 262. The minimum atomic E-state index is 0.470. The van der Waals surface area contributed by atoms with Gasteiger partial charge in [-0.1, -0.05) is 12.1 Å². The van der Waals surface area contributed by atoms with Crippen LogP contribution in [0.25, 0.3) is 0 Å². The minimum absolute atomic E-state index is 0.470. The molecule has 0 N–H and O–H groups in total. The van der Waals surface area contributed by atoms with E-state index in [-0.39, 0.29) is 0 Å². The molecule has 0 saturated heterocycles. The van der Waals surface area contributed by atoms with Crippen LogP contribution in [0.1, 0.15) is 10.4 Å². The number of rotatable bonds is 2. The van der Waals surface area contributed by atoms with Crippen LogP contribution in [0.15, 0.2) is 24.3 Å². The van der Waals surface area contributed by atoms with E-state index >= 15 is 0 Å². The molecule has 1 aromatic rings. The molecule has 0 amide bonds. The van der Waals surface area contributed by atoms with Gasteiger partial charge >= 0.3 is 0 Å². The van der Waals surface area contributed by atoms with Gasteiger partial charge in [0.25, 0.3) is 0 Å². The van der Waals surface area contributed by atoms with Gasteiger partial charge in [-0.25, -0.2) is 0 Å². The molecule has 1 rings (SSSR count). The maximum absolute atomic E-state index is 10.4. The third-order valence-electron chi connectivity index (χ3n) is 1.25. The maximum atomic E-state index is 10.4. The first kappa shape index (κ1) is 8.37. The summed E-state index contributed by atoms with van der Waals surface area (Å²) in [5.74, 6) is 0. The van der Waals surface area contributed by atoms with Gasteiger partial charge in [0.2, 0.25) is 0 Å². The second kappa shape index (κ2) is 3.60. The third-order valence-corrected chi connectivity index (χ3v) is 1.61. The lowest BCUT2D eigenvalue weighted by atomic mass is 10.2. The number of nitrogens with zero attached hydrogens (tertiary/aromatic N) is 1. The van der Waals surface area contributed by atoms with Gasteiger partial charge in [0, 0.05) is 29.1 Å². The highest BCUT2D eigenvalue weighted by Gasteiger charge is 2.03. The number of anilines is 1. The van der Waals surface area contributed by atoms with Crippen molar-refractivity contribution in [2.24, 2.45) is 0 Å². The molecule has 11 heavy (non-hydrogen) atoms. The van der Waals surface area contributed by atoms with Crippen LogP contribution >= 0.6 is 23.6 Å². The highest BCUT2D eigenvalue weighted by molar-refractivity contribution is 6.49. The monoisotopic (exact) mass is 189 g/mol. The van der Waals surface area contributed by atoms with Crippen LogP contribution < -0.4 is 3.94 Å². The molecule has 0 aromatic heterocycles. The van der Waals surface area contributed by atoms with E-state index < -0.39 is 0 Å². The molecule has 0 atom stereocenters. The zero-order valence-corrected chi connectivity index (χ0v) is 7.01. The lowest BCUT2D eigenvalue weighted by molar-refractivity contribution is 0.112.